The Kier molecular flexibility index (Phi) is 4.35. The zero-order chi connectivity index (χ0) is 11.4. The molecule has 6 heteroatoms. The summed E-state index contributed by atoms with van der Waals surface area (Å²) >= 11 is 0. The van der Waals surface area contributed by atoms with E-state index in [1.165, 1.54) is 0 Å². The molecule has 0 fully saturated rings. The summed E-state index contributed by atoms with van der Waals surface area (Å²) in [4.78, 5) is 10.2. The van der Waals surface area contributed by atoms with Crippen molar-refractivity contribution >= 4 is 5.97 Å². The second kappa shape index (κ2) is 4.61. The lowest BCUT2D eigenvalue weighted by molar-refractivity contribution is -0.238. The molecule has 1 N–H and O–H groups in total. The molecule has 1 unspecified atom stereocenters. The van der Waals surface area contributed by atoms with Crippen molar-refractivity contribution < 1.29 is 27.5 Å². The molecular formula is C8H12F4O2. The van der Waals surface area contributed by atoms with Gasteiger partial charge in [-0.15, -0.1) is 0 Å². The van der Waals surface area contributed by atoms with Crippen molar-refractivity contribution in [3.05, 3.63) is 0 Å². The number of carboxylic acid groups (broad SMARTS) is 1. The SMILES string of the molecule is CCCCCC(F)(C(=O)O)C(F)(F)F. The summed E-state index contributed by atoms with van der Waals surface area (Å²) in [5.41, 5.74) is -4.10. The first-order valence-electron chi connectivity index (χ1n) is 4.24. The Balaban J connectivity index is 4.50. The Morgan fingerprint density at radius 2 is 1.71 bits per heavy atom. The van der Waals surface area contributed by atoms with Crippen LogP contribution < -0.4 is 0 Å². The number of aliphatic carboxylic acids is 1. The number of hydrogen-bond acceptors (Lipinski definition) is 1. The Hall–Kier alpha value is -0.810. The highest BCUT2D eigenvalue weighted by Crippen LogP contribution is 2.38. The van der Waals surface area contributed by atoms with Gasteiger partial charge >= 0.3 is 17.8 Å². The van der Waals surface area contributed by atoms with Gasteiger partial charge in [0.15, 0.2) is 0 Å². The first-order valence-corrected chi connectivity index (χ1v) is 4.24. The van der Waals surface area contributed by atoms with E-state index in [1.54, 1.807) is 6.92 Å². The smallest absolute Gasteiger partial charge is 0.433 e. The van der Waals surface area contributed by atoms with E-state index >= 15 is 0 Å². The third-order valence-corrected chi connectivity index (χ3v) is 1.91. The summed E-state index contributed by atoms with van der Waals surface area (Å²) in [6.45, 7) is 1.73. The second-order valence-electron chi connectivity index (χ2n) is 3.06. The fraction of sp³-hybridized carbons (Fsp3) is 0.875. The minimum atomic E-state index is -5.34. The molecular weight excluding hydrogens is 204 g/mol. The molecule has 0 bridgehead atoms. The van der Waals surface area contributed by atoms with E-state index in [4.69, 9.17) is 5.11 Å². The number of hydrogen-bond donors (Lipinski definition) is 1. The van der Waals surface area contributed by atoms with Crippen LogP contribution in [0.2, 0.25) is 0 Å². The Labute approximate surface area is 78.9 Å². The third-order valence-electron chi connectivity index (χ3n) is 1.91. The van der Waals surface area contributed by atoms with Gasteiger partial charge in [-0.3, -0.25) is 0 Å². The molecule has 2 nitrogen and oxygen atoms in total. The summed E-state index contributed by atoms with van der Waals surface area (Å²) in [6, 6.07) is 0. The topological polar surface area (TPSA) is 37.3 Å². The number of unbranched alkanes of at least 4 members (excludes halogenated alkanes) is 2. The summed E-state index contributed by atoms with van der Waals surface area (Å²) in [6.07, 6.45) is -5.45. The zero-order valence-electron chi connectivity index (χ0n) is 7.70. The molecule has 0 spiro atoms. The van der Waals surface area contributed by atoms with Gasteiger partial charge in [0.1, 0.15) is 0 Å². The lowest BCUT2D eigenvalue weighted by Gasteiger charge is -2.23. The van der Waals surface area contributed by atoms with Gasteiger partial charge in [0, 0.05) is 6.42 Å². The average molecular weight is 216 g/mol. The molecule has 0 aromatic carbocycles. The average Bonchev–Trinajstić information content (AvgIpc) is 2.02. The normalized spacial score (nSPS) is 16.4. The fourth-order valence-electron chi connectivity index (χ4n) is 0.989. The van der Waals surface area contributed by atoms with Crippen LogP contribution in [0.25, 0.3) is 0 Å². The number of alkyl halides is 4. The fourth-order valence-corrected chi connectivity index (χ4v) is 0.989. The molecule has 1 atom stereocenters. The highest BCUT2D eigenvalue weighted by atomic mass is 19.4. The molecule has 0 amide bonds. The van der Waals surface area contributed by atoms with E-state index in [-0.39, 0.29) is 6.42 Å². The van der Waals surface area contributed by atoms with Gasteiger partial charge in [-0.25, -0.2) is 9.18 Å². The van der Waals surface area contributed by atoms with Gasteiger partial charge in [-0.2, -0.15) is 13.2 Å². The summed E-state index contributed by atoms with van der Waals surface area (Å²) < 4.78 is 49.1. The van der Waals surface area contributed by atoms with Crippen LogP contribution in [0.4, 0.5) is 17.6 Å². The van der Waals surface area contributed by atoms with Crippen molar-refractivity contribution in [1.29, 1.82) is 0 Å². The van der Waals surface area contributed by atoms with Crippen molar-refractivity contribution in [2.45, 2.75) is 44.5 Å². The van der Waals surface area contributed by atoms with Crippen LogP contribution in [-0.4, -0.2) is 22.9 Å². The first-order chi connectivity index (χ1) is 6.25. The number of carboxylic acids is 1. The van der Waals surface area contributed by atoms with E-state index in [0.29, 0.717) is 12.8 Å². The Morgan fingerprint density at radius 3 is 2.00 bits per heavy atom. The predicted molar refractivity (Wildman–Crippen MR) is 41.7 cm³/mol. The van der Waals surface area contributed by atoms with Gasteiger partial charge in [-0.1, -0.05) is 19.8 Å². The van der Waals surface area contributed by atoms with Gasteiger partial charge in [0.25, 0.3) is 0 Å². The predicted octanol–water partition coefficient (Wildman–Crippen LogP) is 2.92. The van der Waals surface area contributed by atoms with Crippen molar-refractivity contribution in [2.24, 2.45) is 0 Å². The van der Waals surface area contributed by atoms with E-state index in [0.717, 1.165) is 0 Å². The lowest BCUT2D eigenvalue weighted by atomic mass is 9.97. The molecule has 0 aromatic rings. The van der Waals surface area contributed by atoms with Gasteiger partial charge in [-0.05, 0) is 6.42 Å². The van der Waals surface area contributed by atoms with Crippen LogP contribution in [0.15, 0.2) is 0 Å². The van der Waals surface area contributed by atoms with Crippen LogP contribution in [0.3, 0.4) is 0 Å². The molecule has 0 aromatic heterocycles. The molecule has 0 radical (unpaired) electrons. The van der Waals surface area contributed by atoms with Gasteiger partial charge in [0.2, 0.25) is 0 Å². The van der Waals surface area contributed by atoms with E-state index < -0.39 is 24.2 Å². The van der Waals surface area contributed by atoms with Crippen LogP contribution in [0, 0.1) is 0 Å². The van der Waals surface area contributed by atoms with Crippen molar-refractivity contribution in [3.8, 4) is 0 Å². The number of halogens is 4. The van der Waals surface area contributed by atoms with Crippen molar-refractivity contribution in [3.63, 3.8) is 0 Å². The standard InChI is InChI=1S/C8H12F4O2/c1-2-3-4-5-7(9,6(13)14)8(10,11)12/h2-5H2,1H3,(H,13,14). The monoisotopic (exact) mass is 216 g/mol. The maximum Gasteiger partial charge on any atom is 0.433 e. The number of rotatable bonds is 5. The minimum absolute atomic E-state index is 0.0845. The maximum atomic E-state index is 13.0. The highest BCUT2D eigenvalue weighted by molar-refractivity contribution is 5.78. The first kappa shape index (κ1) is 13.2. The van der Waals surface area contributed by atoms with E-state index in [1.807, 2.05) is 0 Å². The highest BCUT2D eigenvalue weighted by Gasteiger charge is 2.61. The summed E-state index contributed by atoms with van der Waals surface area (Å²) in [5, 5.41) is 8.17. The Bertz CT molecular complexity index is 202. The molecule has 0 aliphatic carbocycles. The largest absolute Gasteiger partial charge is 0.479 e. The molecule has 0 saturated carbocycles. The Morgan fingerprint density at radius 1 is 1.21 bits per heavy atom. The van der Waals surface area contributed by atoms with Crippen LogP contribution >= 0.6 is 0 Å². The van der Waals surface area contributed by atoms with E-state index in [2.05, 4.69) is 0 Å². The van der Waals surface area contributed by atoms with E-state index in [9.17, 15) is 22.4 Å². The molecule has 0 rings (SSSR count). The van der Waals surface area contributed by atoms with Crippen LogP contribution in [-0.2, 0) is 4.79 Å². The molecule has 0 saturated heterocycles. The second-order valence-corrected chi connectivity index (χ2v) is 3.06. The third kappa shape index (κ3) is 2.85. The lowest BCUT2D eigenvalue weighted by Crippen LogP contribution is -2.48. The molecule has 84 valence electrons. The van der Waals surface area contributed by atoms with Gasteiger partial charge < -0.3 is 5.11 Å². The van der Waals surface area contributed by atoms with Crippen molar-refractivity contribution in [2.75, 3.05) is 0 Å². The quantitative estimate of drug-likeness (QED) is 0.566. The maximum absolute atomic E-state index is 13.0. The summed E-state index contributed by atoms with van der Waals surface area (Å²) in [5.74, 6) is -2.46. The minimum Gasteiger partial charge on any atom is -0.479 e. The van der Waals surface area contributed by atoms with Gasteiger partial charge in [0.05, 0.1) is 0 Å². The zero-order valence-corrected chi connectivity index (χ0v) is 7.70. The summed E-state index contributed by atoms with van der Waals surface area (Å²) in [7, 11) is 0. The van der Waals surface area contributed by atoms with Crippen LogP contribution in [0.1, 0.15) is 32.6 Å². The molecule has 0 heterocycles. The molecule has 14 heavy (non-hydrogen) atoms. The number of carbonyl (C=O) groups is 1. The molecule has 0 aliphatic rings. The van der Waals surface area contributed by atoms with Crippen LogP contribution in [0.5, 0.6) is 0 Å². The van der Waals surface area contributed by atoms with Crippen molar-refractivity contribution in [1.82, 2.24) is 0 Å². The molecule has 0 aliphatic heterocycles.